The maximum Gasteiger partial charge on any atom is 0.339 e. The van der Waals surface area contributed by atoms with Gasteiger partial charge < -0.3 is 14.8 Å². The largest absolute Gasteiger partial charge is 0.493 e. The maximum atomic E-state index is 12.3. The first-order valence-corrected chi connectivity index (χ1v) is 7.26. The first-order chi connectivity index (χ1) is 11.2. The Hall–Kier alpha value is -2.89. The Balaban J connectivity index is 1.74. The lowest BCUT2D eigenvalue weighted by molar-refractivity contribution is 0.0599. The molecule has 1 aliphatic heterocycles. The fourth-order valence-electron chi connectivity index (χ4n) is 2.49. The van der Waals surface area contributed by atoms with Crippen molar-refractivity contribution in [2.75, 3.05) is 13.7 Å². The van der Waals surface area contributed by atoms with Gasteiger partial charge >= 0.3 is 5.97 Å². The number of ether oxygens (including phenoxy) is 2. The monoisotopic (exact) mass is 312 g/mol. The summed E-state index contributed by atoms with van der Waals surface area (Å²) >= 11 is 0. The van der Waals surface area contributed by atoms with E-state index in [-0.39, 0.29) is 17.6 Å². The molecule has 1 N–H and O–H groups in total. The SMILES string of the molecule is COC(=O)c1ccc(C(=O)N[C@H]2CCOc3ccccc32)nc1. The number of benzene rings is 1. The van der Waals surface area contributed by atoms with Gasteiger partial charge in [0.25, 0.3) is 5.91 Å². The fourth-order valence-corrected chi connectivity index (χ4v) is 2.49. The topological polar surface area (TPSA) is 77.5 Å². The molecule has 2 heterocycles. The number of nitrogens with zero attached hydrogens (tertiary/aromatic N) is 1. The van der Waals surface area contributed by atoms with Gasteiger partial charge in [0.15, 0.2) is 0 Å². The number of hydrogen-bond acceptors (Lipinski definition) is 5. The molecule has 118 valence electrons. The van der Waals surface area contributed by atoms with Crippen molar-refractivity contribution in [3.05, 3.63) is 59.4 Å². The smallest absolute Gasteiger partial charge is 0.339 e. The van der Waals surface area contributed by atoms with Gasteiger partial charge in [0.05, 0.1) is 25.3 Å². The summed E-state index contributed by atoms with van der Waals surface area (Å²) in [4.78, 5) is 27.7. The third-order valence-corrected chi connectivity index (χ3v) is 3.68. The van der Waals surface area contributed by atoms with Crippen LogP contribution in [0.25, 0.3) is 0 Å². The minimum atomic E-state index is -0.484. The second-order valence-corrected chi connectivity index (χ2v) is 5.12. The number of fused-ring (bicyclic) bond motifs is 1. The summed E-state index contributed by atoms with van der Waals surface area (Å²) in [7, 11) is 1.30. The molecular weight excluding hydrogens is 296 g/mol. The zero-order valence-electron chi connectivity index (χ0n) is 12.6. The molecule has 0 spiro atoms. The molecule has 6 heteroatoms. The van der Waals surface area contributed by atoms with Gasteiger partial charge in [-0.15, -0.1) is 0 Å². The van der Waals surface area contributed by atoms with Crippen molar-refractivity contribution in [3.63, 3.8) is 0 Å². The Morgan fingerprint density at radius 2 is 2.09 bits per heavy atom. The highest BCUT2D eigenvalue weighted by molar-refractivity contribution is 5.94. The normalized spacial score (nSPS) is 16.0. The van der Waals surface area contributed by atoms with Crippen LogP contribution in [0.2, 0.25) is 0 Å². The molecule has 0 saturated carbocycles. The van der Waals surface area contributed by atoms with Crippen LogP contribution < -0.4 is 10.1 Å². The van der Waals surface area contributed by atoms with Gasteiger partial charge in [-0.3, -0.25) is 9.78 Å². The van der Waals surface area contributed by atoms with E-state index in [2.05, 4.69) is 15.0 Å². The van der Waals surface area contributed by atoms with Gasteiger partial charge in [0.1, 0.15) is 11.4 Å². The summed E-state index contributed by atoms with van der Waals surface area (Å²) in [6, 6.07) is 10.5. The number of carbonyl (C=O) groups excluding carboxylic acids is 2. The summed E-state index contributed by atoms with van der Waals surface area (Å²) in [6.45, 7) is 0.552. The molecule has 23 heavy (non-hydrogen) atoms. The maximum absolute atomic E-state index is 12.3. The quantitative estimate of drug-likeness (QED) is 0.878. The van der Waals surface area contributed by atoms with Gasteiger partial charge in [-0.1, -0.05) is 18.2 Å². The highest BCUT2D eigenvalue weighted by atomic mass is 16.5. The molecule has 0 fully saturated rings. The van der Waals surface area contributed by atoms with Crippen molar-refractivity contribution >= 4 is 11.9 Å². The summed E-state index contributed by atoms with van der Waals surface area (Å²) in [5.74, 6) is 0.0176. The molecule has 1 atom stereocenters. The molecule has 1 amide bonds. The van der Waals surface area contributed by atoms with E-state index in [0.29, 0.717) is 18.6 Å². The van der Waals surface area contributed by atoms with Crippen LogP contribution in [0.4, 0.5) is 0 Å². The molecule has 1 aromatic carbocycles. The number of nitrogens with one attached hydrogen (secondary N) is 1. The lowest BCUT2D eigenvalue weighted by Gasteiger charge is -2.26. The Kier molecular flexibility index (Phi) is 4.23. The van der Waals surface area contributed by atoms with Gasteiger partial charge in [-0.05, 0) is 18.2 Å². The number of carbonyl (C=O) groups is 2. The molecule has 0 aliphatic carbocycles. The summed E-state index contributed by atoms with van der Waals surface area (Å²) in [5.41, 5.74) is 1.51. The van der Waals surface area contributed by atoms with Crippen molar-refractivity contribution in [2.24, 2.45) is 0 Å². The lowest BCUT2D eigenvalue weighted by atomic mass is 10.0. The fraction of sp³-hybridized carbons (Fsp3) is 0.235. The van der Waals surface area contributed by atoms with Crippen molar-refractivity contribution in [3.8, 4) is 5.75 Å². The van der Waals surface area contributed by atoms with E-state index in [0.717, 1.165) is 11.3 Å². The summed E-state index contributed by atoms with van der Waals surface area (Å²) in [5, 5.41) is 2.96. The van der Waals surface area contributed by atoms with Gasteiger partial charge in [-0.2, -0.15) is 0 Å². The first-order valence-electron chi connectivity index (χ1n) is 7.26. The van der Waals surface area contributed by atoms with Crippen LogP contribution in [-0.4, -0.2) is 30.6 Å². The molecule has 0 unspecified atom stereocenters. The molecule has 1 aliphatic rings. The van der Waals surface area contributed by atoms with Gasteiger partial charge in [0, 0.05) is 18.2 Å². The van der Waals surface area contributed by atoms with E-state index in [9.17, 15) is 9.59 Å². The van der Waals surface area contributed by atoms with Gasteiger partial charge in [0.2, 0.25) is 0 Å². The molecule has 2 aromatic rings. The van der Waals surface area contributed by atoms with E-state index in [4.69, 9.17) is 4.74 Å². The van der Waals surface area contributed by atoms with Crippen molar-refractivity contribution < 1.29 is 19.1 Å². The molecule has 0 saturated heterocycles. The predicted octanol–water partition coefficient (Wildman–Crippen LogP) is 2.12. The van der Waals surface area contributed by atoms with Crippen molar-refractivity contribution in [1.82, 2.24) is 10.3 Å². The van der Waals surface area contributed by atoms with E-state index in [1.807, 2.05) is 24.3 Å². The van der Waals surface area contributed by atoms with Crippen LogP contribution in [0.5, 0.6) is 5.75 Å². The molecule has 0 radical (unpaired) electrons. The van der Waals surface area contributed by atoms with E-state index in [1.54, 1.807) is 0 Å². The van der Waals surface area contributed by atoms with E-state index >= 15 is 0 Å². The number of aromatic nitrogens is 1. The minimum absolute atomic E-state index is 0.116. The third kappa shape index (κ3) is 3.15. The number of methoxy groups -OCH3 is 1. The van der Waals surface area contributed by atoms with Crippen molar-refractivity contribution in [2.45, 2.75) is 12.5 Å². The molecule has 6 nitrogen and oxygen atoms in total. The summed E-state index contributed by atoms with van der Waals surface area (Å²) in [6.07, 6.45) is 2.03. The van der Waals surface area contributed by atoms with Crippen LogP contribution in [0.3, 0.4) is 0 Å². The molecule has 1 aromatic heterocycles. The van der Waals surface area contributed by atoms with Crippen LogP contribution >= 0.6 is 0 Å². The number of esters is 1. The second-order valence-electron chi connectivity index (χ2n) is 5.12. The average molecular weight is 312 g/mol. The third-order valence-electron chi connectivity index (χ3n) is 3.68. The molecule has 3 rings (SSSR count). The number of para-hydroxylation sites is 1. The zero-order valence-corrected chi connectivity index (χ0v) is 12.6. The number of pyridine rings is 1. The number of hydrogen-bond donors (Lipinski definition) is 1. The first kappa shape index (κ1) is 15.0. The van der Waals surface area contributed by atoms with Gasteiger partial charge in [-0.25, -0.2) is 4.79 Å². The zero-order chi connectivity index (χ0) is 16.2. The predicted molar refractivity (Wildman–Crippen MR) is 82.3 cm³/mol. The molecular formula is C17H16N2O4. The lowest BCUT2D eigenvalue weighted by Crippen LogP contribution is -2.32. The number of rotatable bonds is 3. The Morgan fingerprint density at radius 1 is 1.26 bits per heavy atom. The standard InChI is InChI=1S/C17H16N2O4/c1-22-17(21)11-6-7-14(18-10-11)16(20)19-13-8-9-23-15-5-3-2-4-12(13)15/h2-7,10,13H,8-9H2,1H3,(H,19,20)/t13-/m0/s1. The van der Waals surface area contributed by atoms with E-state index < -0.39 is 5.97 Å². The number of amides is 1. The van der Waals surface area contributed by atoms with Crippen molar-refractivity contribution in [1.29, 1.82) is 0 Å². The van der Waals surface area contributed by atoms with Crippen LogP contribution in [0.15, 0.2) is 42.6 Å². The average Bonchev–Trinajstić information content (AvgIpc) is 2.61. The van der Waals surface area contributed by atoms with Crippen LogP contribution in [0, 0.1) is 0 Å². The highest BCUT2D eigenvalue weighted by Crippen LogP contribution is 2.31. The Morgan fingerprint density at radius 3 is 2.83 bits per heavy atom. The Bertz CT molecular complexity index is 728. The van der Waals surface area contributed by atoms with E-state index in [1.165, 1.54) is 25.4 Å². The Labute approximate surface area is 133 Å². The van der Waals surface area contributed by atoms with Crippen LogP contribution in [-0.2, 0) is 4.74 Å². The highest BCUT2D eigenvalue weighted by Gasteiger charge is 2.23. The second kappa shape index (κ2) is 6.48. The summed E-state index contributed by atoms with van der Waals surface area (Å²) < 4.78 is 10.2. The minimum Gasteiger partial charge on any atom is -0.493 e. The molecule has 0 bridgehead atoms. The van der Waals surface area contributed by atoms with Crippen LogP contribution in [0.1, 0.15) is 38.9 Å².